The summed E-state index contributed by atoms with van der Waals surface area (Å²) >= 11 is 0. The Morgan fingerprint density at radius 2 is 0.891 bits per heavy atom. The van der Waals surface area contributed by atoms with Crippen LogP contribution in [0.2, 0.25) is 0 Å². The average Bonchev–Trinajstić information content (AvgIpc) is 3.00. The summed E-state index contributed by atoms with van der Waals surface area (Å²) in [6.07, 6.45) is 35.0. The maximum atomic E-state index is 12.7. The zero-order chi connectivity index (χ0) is 34.2. The van der Waals surface area contributed by atoms with Crippen LogP contribution >= 0.6 is 0 Å². The van der Waals surface area contributed by atoms with E-state index in [0.717, 1.165) is 32.1 Å². The molecule has 0 fully saturated rings. The first-order chi connectivity index (χ1) is 22.1. The van der Waals surface area contributed by atoms with Crippen molar-refractivity contribution >= 4 is 6.09 Å². The lowest BCUT2D eigenvalue weighted by atomic mass is 10.0. The van der Waals surface area contributed by atoms with Crippen molar-refractivity contribution in [1.29, 1.82) is 0 Å². The molecule has 1 N–H and O–H groups in total. The van der Waals surface area contributed by atoms with Crippen LogP contribution in [0.1, 0.15) is 222 Å². The third-order valence-corrected chi connectivity index (χ3v) is 8.97. The Morgan fingerprint density at radius 3 is 1.26 bits per heavy atom. The number of rotatable bonds is 34. The first kappa shape index (κ1) is 45.2. The van der Waals surface area contributed by atoms with Gasteiger partial charge in [0.1, 0.15) is 6.10 Å². The molecule has 0 aromatic carbocycles. The van der Waals surface area contributed by atoms with Gasteiger partial charge in [-0.3, -0.25) is 0 Å². The molecule has 0 aliphatic rings. The Balaban J connectivity index is 4.25. The van der Waals surface area contributed by atoms with Gasteiger partial charge in [0.15, 0.2) is 0 Å². The van der Waals surface area contributed by atoms with Crippen molar-refractivity contribution in [3.63, 3.8) is 0 Å². The summed E-state index contributed by atoms with van der Waals surface area (Å²) in [5.41, 5.74) is -0.523. The Morgan fingerprint density at radius 1 is 0.522 bits per heavy atom. The lowest BCUT2D eigenvalue weighted by molar-refractivity contribution is -0.114. The van der Waals surface area contributed by atoms with Crippen molar-refractivity contribution in [1.82, 2.24) is 5.32 Å². The van der Waals surface area contributed by atoms with Crippen LogP contribution in [0.25, 0.3) is 0 Å². The fourth-order valence-electron chi connectivity index (χ4n) is 5.92. The van der Waals surface area contributed by atoms with E-state index in [1.165, 1.54) is 141 Å². The molecule has 0 unspecified atom stereocenters. The highest BCUT2D eigenvalue weighted by molar-refractivity contribution is 5.67. The maximum Gasteiger partial charge on any atom is 0.407 e. The number of nitrogens with one attached hydrogen (secondary N) is 1. The lowest BCUT2D eigenvalue weighted by Crippen LogP contribution is -2.36. The van der Waals surface area contributed by atoms with Crippen molar-refractivity contribution in [2.24, 2.45) is 0 Å². The second kappa shape index (κ2) is 31.5. The molecule has 5 nitrogen and oxygen atoms in total. The first-order valence-corrected chi connectivity index (χ1v) is 20.3. The molecule has 0 heterocycles. The second-order valence-corrected chi connectivity index (χ2v) is 15.7. The molecule has 0 saturated heterocycles. The van der Waals surface area contributed by atoms with Gasteiger partial charge in [-0.25, -0.2) is 4.79 Å². The minimum atomic E-state index is -0.346. The van der Waals surface area contributed by atoms with Gasteiger partial charge < -0.3 is 19.5 Å². The number of ether oxygens (including phenoxy) is 3. The molecule has 0 aliphatic heterocycles. The number of amides is 1. The third-order valence-electron chi connectivity index (χ3n) is 8.97. The molecule has 0 aliphatic carbocycles. The molecule has 0 radical (unpaired) electrons. The predicted molar refractivity (Wildman–Crippen MR) is 200 cm³/mol. The number of unbranched alkanes of at least 4 members (excludes halogenated alkanes) is 22. The zero-order valence-electron chi connectivity index (χ0n) is 32.4. The van der Waals surface area contributed by atoms with Gasteiger partial charge in [-0.2, -0.15) is 0 Å². The first-order valence-electron chi connectivity index (χ1n) is 20.3. The number of hydrogen-bond acceptors (Lipinski definition) is 4. The molecule has 0 spiro atoms. The maximum absolute atomic E-state index is 12.7. The number of alkyl carbamates (subject to hydrolysis) is 1. The molecule has 276 valence electrons. The normalized spacial score (nSPS) is 12.3. The summed E-state index contributed by atoms with van der Waals surface area (Å²) in [5, 5.41) is 2.98. The Kier molecular flexibility index (Phi) is 30.9. The van der Waals surface area contributed by atoms with E-state index >= 15 is 0 Å². The fourth-order valence-corrected chi connectivity index (χ4v) is 5.92. The number of carbonyl (C=O) groups excluding carboxylic acids is 1. The van der Waals surface area contributed by atoms with Crippen molar-refractivity contribution in [2.75, 3.05) is 19.8 Å². The molecule has 46 heavy (non-hydrogen) atoms. The minimum Gasteiger partial charge on any atom is -0.446 e. The van der Waals surface area contributed by atoms with E-state index in [1.807, 2.05) is 0 Å². The number of carbonyl (C=O) groups is 1. The quantitative estimate of drug-likeness (QED) is 0.0702. The van der Waals surface area contributed by atoms with Crippen LogP contribution in [-0.2, 0) is 14.2 Å². The molecule has 0 atom stereocenters. The van der Waals surface area contributed by atoms with Gasteiger partial charge in [-0.15, -0.1) is 0 Å². The van der Waals surface area contributed by atoms with E-state index in [1.54, 1.807) is 0 Å². The van der Waals surface area contributed by atoms with E-state index in [0.29, 0.717) is 19.8 Å². The van der Waals surface area contributed by atoms with Crippen molar-refractivity contribution in [3.05, 3.63) is 0 Å². The molecule has 0 bridgehead atoms. The van der Waals surface area contributed by atoms with Gasteiger partial charge >= 0.3 is 6.09 Å². The van der Waals surface area contributed by atoms with Gasteiger partial charge in [-0.1, -0.05) is 155 Å². The third kappa shape index (κ3) is 34.5. The molecule has 0 rings (SSSR count). The van der Waals surface area contributed by atoms with Crippen LogP contribution in [0, 0.1) is 0 Å². The molecule has 1 amide bonds. The highest BCUT2D eigenvalue weighted by Crippen LogP contribution is 2.19. The van der Waals surface area contributed by atoms with Crippen LogP contribution in [0.15, 0.2) is 0 Å². The average molecular weight is 654 g/mol. The Hall–Kier alpha value is -0.810. The van der Waals surface area contributed by atoms with E-state index in [-0.39, 0.29) is 23.4 Å². The van der Waals surface area contributed by atoms with Gasteiger partial charge in [0.25, 0.3) is 0 Å². The molecular formula is C41H83NO4. The topological polar surface area (TPSA) is 56.8 Å². The van der Waals surface area contributed by atoms with Crippen LogP contribution < -0.4 is 5.32 Å². The number of hydrogen-bond donors (Lipinski definition) is 1. The van der Waals surface area contributed by atoms with E-state index in [2.05, 4.69) is 53.8 Å². The van der Waals surface area contributed by atoms with Gasteiger partial charge in [0, 0.05) is 13.2 Å². The summed E-state index contributed by atoms with van der Waals surface area (Å²) < 4.78 is 17.9. The molecular weight excluding hydrogens is 570 g/mol. The summed E-state index contributed by atoms with van der Waals surface area (Å²) in [6.45, 7) is 16.5. The van der Waals surface area contributed by atoms with Gasteiger partial charge in [0.2, 0.25) is 0 Å². The van der Waals surface area contributed by atoms with Gasteiger partial charge in [0.05, 0.1) is 17.8 Å². The standard InChI is InChI=1S/C41H83NO4/c1-8-10-12-14-16-18-20-22-24-26-28-30-33-38(34-31-29-27-25-23-21-19-17-15-13-11-9-2)46-39(43)42-35-32-36-44-41(6,7)37-45-40(3,4)5/h38H,8-37H2,1-7H3,(H,42,43). The van der Waals surface area contributed by atoms with Crippen LogP contribution in [0.3, 0.4) is 0 Å². The van der Waals surface area contributed by atoms with Gasteiger partial charge in [-0.05, 0) is 66.7 Å². The molecule has 5 heteroatoms. The lowest BCUT2D eigenvalue weighted by Gasteiger charge is -2.30. The van der Waals surface area contributed by atoms with E-state index in [9.17, 15) is 4.79 Å². The van der Waals surface area contributed by atoms with Crippen molar-refractivity contribution in [3.8, 4) is 0 Å². The van der Waals surface area contributed by atoms with Crippen LogP contribution in [0.4, 0.5) is 4.79 Å². The van der Waals surface area contributed by atoms with E-state index < -0.39 is 0 Å². The monoisotopic (exact) mass is 654 g/mol. The highest BCUT2D eigenvalue weighted by atomic mass is 16.6. The second-order valence-electron chi connectivity index (χ2n) is 15.7. The predicted octanol–water partition coefficient (Wildman–Crippen LogP) is 13.3. The summed E-state index contributed by atoms with van der Waals surface area (Å²) in [6, 6.07) is 0. The SMILES string of the molecule is CCCCCCCCCCCCCCC(CCCCCCCCCCCCCC)OC(=O)NCCCOC(C)(C)COC(C)(C)C. The zero-order valence-corrected chi connectivity index (χ0v) is 32.4. The van der Waals surface area contributed by atoms with E-state index in [4.69, 9.17) is 14.2 Å². The van der Waals surface area contributed by atoms with Crippen molar-refractivity contribution < 1.29 is 19.0 Å². The Labute approximate surface area is 288 Å². The smallest absolute Gasteiger partial charge is 0.407 e. The van der Waals surface area contributed by atoms with Crippen LogP contribution in [-0.4, -0.2) is 43.2 Å². The summed E-state index contributed by atoms with van der Waals surface area (Å²) in [7, 11) is 0. The Bertz CT molecular complexity index is 617. The molecule has 0 aromatic heterocycles. The van der Waals surface area contributed by atoms with Crippen LogP contribution in [0.5, 0.6) is 0 Å². The highest BCUT2D eigenvalue weighted by Gasteiger charge is 2.22. The summed E-state index contributed by atoms with van der Waals surface area (Å²) in [5.74, 6) is 0. The van der Waals surface area contributed by atoms with Crippen molar-refractivity contribution in [2.45, 2.75) is 239 Å². The fraction of sp³-hybridized carbons (Fsp3) is 0.976. The largest absolute Gasteiger partial charge is 0.446 e. The summed E-state index contributed by atoms with van der Waals surface area (Å²) in [4.78, 5) is 12.7. The molecule has 0 saturated carbocycles. The molecule has 0 aromatic rings. The minimum absolute atomic E-state index is 0.0379.